The SMILES string of the molecule is CC1=CC(OO)CC(C)C1. The smallest absolute Gasteiger partial charge is 0.111 e. The molecule has 0 heterocycles. The van der Waals surface area contributed by atoms with Crippen molar-refractivity contribution in [3.63, 3.8) is 0 Å². The van der Waals surface area contributed by atoms with Crippen LogP contribution in [0.25, 0.3) is 0 Å². The van der Waals surface area contributed by atoms with Gasteiger partial charge in [0.1, 0.15) is 6.10 Å². The number of rotatable bonds is 1. The molecule has 2 nitrogen and oxygen atoms in total. The van der Waals surface area contributed by atoms with Crippen molar-refractivity contribution >= 4 is 0 Å². The molecular formula is C8H14O2. The van der Waals surface area contributed by atoms with Crippen LogP contribution >= 0.6 is 0 Å². The second-order valence-corrected chi connectivity index (χ2v) is 3.20. The Labute approximate surface area is 61.4 Å². The summed E-state index contributed by atoms with van der Waals surface area (Å²) in [6, 6.07) is 0. The largest absolute Gasteiger partial charge is 0.251 e. The Hall–Kier alpha value is -0.340. The number of allylic oxidation sites excluding steroid dienone is 1. The Morgan fingerprint density at radius 2 is 2.40 bits per heavy atom. The summed E-state index contributed by atoms with van der Waals surface area (Å²) < 4.78 is 0. The third-order valence-electron chi connectivity index (χ3n) is 1.91. The molecule has 1 aliphatic rings. The first kappa shape index (κ1) is 7.76. The molecule has 2 heteroatoms. The van der Waals surface area contributed by atoms with E-state index < -0.39 is 0 Å². The summed E-state index contributed by atoms with van der Waals surface area (Å²) in [6.07, 6.45) is 4.00. The lowest BCUT2D eigenvalue weighted by Crippen LogP contribution is -2.17. The predicted molar refractivity (Wildman–Crippen MR) is 39.7 cm³/mol. The summed E-state index contributed by atoms with van der Waals surface area (Å²) in [5, 5.41) is 8.38. The standard InChI is InChI=1S/C8H14O2/c1-6-3-7(2)5-8(4-6)10-9/h4,7-9H,3,5H2,1-2H3. The Morgan fingerprint density at radius 1 is 1.70 bits per heavy atom. The summed E-state index contributed by atoms with van der Waals surface area (Å²) in [5.74, 6) is 0.641. The highest BCUT2D eigenvalue weighted by Gasteiger charge is 2.17. The minimum atomic E-state index is -0.0660. The molecule has 0 radical (unpaired) electrons. The molecule has 2 unspecified atom stereocenters. The minimum absolute atomic E-state index is 0.0660. The van der Waals surface area contributed by atoms with Gasteiger partial charge in [-0.2, -0.15) is 0 Å². The average Bonchev–Trinajstić information content (AvgIpc) is 1.85. The predicted octanol–water partition coefficient (Wildman–Crippen LogP) is 2.22. The van der Waals surface area contributed by atoms with Crippen molar-refractivity contribution in [3.05, 3.63) is 11.6 Å². The first-order chi connectivity index (χ1) is 4.72. The van der Waals surface area contributed by atoms with Gasteiger partial charge in [0.25, 0.3) is 0 Å². The monoisotopic (exact) mass is 142 g/mol. The Morgan fingerprint density at radius 3 is 2.90 bits per heavy atom. The Balaban J connectivity index is 2.55. The van der Waals surface area contributed by atoms with Crippen molar-refractivity contribution in [2.24, 2.45) is 5.92 Å². The normalized spacial score (nSPS) is 33.7. The first-order valence-electron chi connectivity index (χ1n) is 3.70. The van der Waals surface area contributed by atoms with E-state index >= 15 is 0 Å². The summed E-state index contributed by atoms with van der Waals surface area (Å²) in [4.78, 5) is 4.26. The van der Waals surface area contributed by atoms with Gasteiger partial charge in [0.05, 0.1) is 0 Å². The molecule has 10 heavy (non-hydrogen) atoms. The van der Waals surface area contributed by atoms with E-state index in [9.17, 15) is 0 Å². The van der Waals surface area contributed by atoms with E-state index in [0.717, 1.165) is 12.8 Å². The van der Waals surface area contributed by atoms with E-state index in [1.54, 1.807) is 0 Å². The molecule has 0 aromatic carbocycles. The molecule has 1 rings (SSSR count). The number of hydrogen-bond acceptors (Lipinski definition) is 2. The molecule has 0 aromatic rings. The molecule has 0 amide bonds. The zero-order valence-electron chi connectivity index (χ0n) is 6.50. The summed E-state index contributed by atoms with van der Waals surface area (Å²) in [7, 11) is 0. The van der Waals surface area contributed by atoms with Crippen LogP contribution in [0.3, 0.4) is 0 Å². The van der Waals surface area contributed by atoms with Crippen LogP contribution in [0, 0.1) is 5.92 Å². The summed E-state index contributed by atoms with van der Waals surface area (Å²) in [6.45, 7) is 4.24. The number of hydrogen-bond donors (Lipinski definition) is 1. The molecule has 1 aliphatic carbocycles. The molecule has 0 aliphatic heterocycles. The fraction of sp³-hybridized carbons (Fsp3) is 0.750. The second kappa shape index (κ2) is 3.17. The maximum Gasteiger partial charge on any atom is 0.111 e. The lowest BCUT2D eigenvalue weighted by atomic mass is 9.89. The lowest BCUT2D eigenvalue weighted by Gasteiger charge is -2.21. The highest BCUT2D eigenvalue weighted by molar-refractivity contribution is 5.07. The molecular weight excluding hydrogens is 128 g/mol. The van der Waals surface area contributed by atoms with Crippen LogP contribution in [0.4, 0.5) is 0 Å². The molecule has 0 spiro atoms. The van der Waals surface area contributed by atoms with Crippen molar-refractivity contribution in [3.8, 4) is 0 Å². The summed E-state index contributed by atoms with van der Waals surface area (Å²) >= 11 is 0. The zero-order valence-corrected chi connectivity index (χ0v) is 6.50. The molecule has 0 aromatic heterocycles. The van der Waals surface area contributed by atoms with Crippen LogP contribution in [-0.2, 0) is 4.89 Å². The van der Waals surface area contributed by atoms with Gasteiger partial charge in [-0.1, -0.05) is 18.6 Å². The van der Waals surface area contributed by atoms with Gasteiger partial charge in [0.2, 0.25) is 0 Å². The van der Waals surface area contributed by atoms with Gasteiger partial charge in [0.15, 0.2) is 0 Å². The van der Waals surface area contributed by atoms with Gasteiger partial charge in [-0.3, -0.25) is 5.26 Å². The topological polar surface area (TPSA) is 29.5 Å². The Kier molecular flexibility index (Phi) is 2.46. The molecule has 0 saturated carbocycles. The molecule has 58 valence electrons. The van der Waals surface area contributed by atoms with Crippen LogP contribution in [0.5, 0.6) is 0 Å². The molecule has 0 bridgehead atoms. The third-order valence-corrected chi connectivity index (χ3v) is 1.91. The van der Waals surface area contributed by atoms with Gasteiger partial charge in [0, 0.05) is 0 Å². The maximum absolute atomic E-state index is 8.38. The first-order valence-corrected chi connectivity index (χ1v) is 3.70. The van der Waals surface area contributed by atoms with Gasteiger partial charge in [-0.25, -0.2) is 4.89 Å². The molecule has 2 atom stereocenters. The van der Waals surface area contributed by atoms with Crippen LogP contribution in [0.1, 0.15) is 26.7 Å². The van der Waals surface area contributed by atoms with E-state index in [4.69, 9.17) is 5.26 Å². The van der Waals surface area contributed by atoms with Gasteiger partial charge in [-0.05, 0) is 25.7 Å². The second-order valence-electron chi connectivity index (χ2n) is 3.20. The van der Waals surface area contributed by atoms with Crippen molar-refractivity contribution in [1.82, 2.24) is 0 Å². The van der Waals surface area contributed by atoms with E-state index in [0.29, 0.717) is 5.92 Å². The van der Waals surface area contributed by atoms with Crippen LogP contribution < -0.4 is 0 Å². The van der Waals surface area contributed by atoms with Gasteiger partial charge >= 0.3 is 0 Å². The molecule has 1 N–H and O–H groups in total. The molecule has 0 fully saturated rings. The zero-order chi connectivity index (χ0) is 7.56. The quantitative estimate of drug-likeness (QED) is 0.345. The van der Waals surface area contributed by atoms with E-state index in [2.05, 4.69) is 18.7 Å². The lowest BCUT2D eigenvalue weighted by molar-refractivity contribution is -0.269. The van der Waals surface area contributed by atoms with Crippen LogP contribution in [0.15, 0.2) is 11.6 Å². The van der Waals surface area contributed by atoms with Crippen molar-refractivity contribution in [2.75, 3.05) is 0 Å². The molecule has 0 saturated heterocycles. The van der Waals surface area contributed by atoms with Gasteiger partial charge < -0.3 is 0 Å². The van der Waals surface area contributed by atoms with Crippen LogP contribution in [0.2, 0.25) is 0 Å². The Bertz CT molecular complexity index is 140. The van der Waals surface area contributed by atoms with Crippen molar-refractivity contribution in [1.29, 1.82) is 0 Å². The van der Waals surface area contributed by atoms with Crippen molar-refractivity contribution < 1.29 is 10.1 Å². The van der Waals surface area contributed by atoms with Crippen molar-refractivity contribution in [2.45, 2.75) is 32.8 Å². The average molecular weight is 142 g/mol. The summed E-state index contributed by atoms with van der Waals surface area (Å²) in [5.41, 5.74) is 1.32. The van der Waals surface area contributed by atoms with E-state index in [1.807, 2.05) is 6.08 Å². The van der Waals surface area contributed by atoms with Gasteiger partial charge in [-0.15, -0.1) is 0 Å². The van der Waals surface area contributed by atoms with E-state index in [-0.39, 0.29) is 6.10 Å². The fourth-order valence-corrected chi connectivity index (χ4v) is 1.56. The van der Waals surface area contributed by atoms with E-state index in [1.165, 1.54) is 5.57 Å². The highest BCUT2D eigenvalue weighted by atomic mass is 17.1. The fourth-order valence-electron chi connectivity index (χ4n) is 1.56. The third kappa shape index (κ3) is 1.82. The van der Waals surface area contributed by atoms with Crippen LogP contribution in [-0.4, -0.2) is 11.4 Å². The minimum Gasteiger partial charge on any atom is -0.251 e. The maximum atomic E-state index is 8.38. The highest BCUT2D eigenvalue weighted by Crippen LogP contribution is 2.24.